The molecule has 24 heavy (non-hydrogen) atoms. The van der Waals surface area contributed by atoms with Crippen molar-refractivity contribution < 1.29 is 13.2 Å². The molecule has 1 aliphatic heterocycles. The molecule has 0 radical (unpaired) electrons. The molecule has 1 aliphatic rings. The number of piperazine rings is 1. The molecular formula is C17H25N3O3S. The molecule has 1 fully saturated rings. The highest BCUT2D eigenvalue weighted by molar-refractivity contribution is 7.90. The van der Waals surface area contributed by atoms with E-state index in [1.807, 2.05) is 29.2 Å². The number of para-hydroxylation sites is 1. The molecule has 1 saturated heterocycles. The lowest BCUT2D eigenvalue weighted by molar-refractivity contribution is 0.0645. The van der Waals surface area contributed by atoms with E-state index in [1.165, 1.54) is 6.26 Å². The number of sulfone groups is 1. The van der Waals surface area contributed by atoms with Crippen molar-refractivity contribution in [1.29, 1.82) is 0 Å². The van der Waals surface area contributed by atoms with Gasteiger partial charge in [-0.15, -0.1) is 6.58 Å². The van der Waals surface area contributed by atoms with Crippen LogP contribution in [0, 0.1) is 0 Å². The third kappa shape index (κ3) is 5.35. The van der Waals surface area contributed by atoms with E-state index in [0.29, 0.717) is 44.8 Å². The van der Waals surface area contributed by atoms with Crippen molar-refractivity contribution in [2.45, 2.75) is 0 Å². The van der Waals surface area contributed by atoms with Gasteiger partial charge in [-0.2, -0.15) is 0 Å². The molecule has 1 amide bonds. The van der Waals surface area contributed by atoms with Crippen LogP contribution in [0.15, 0.2) is 36.9 Å². The van der Waals surface area contributed by atoms with Gasteiger partial charge in [-0.25, -0.2) is 8.42 Å². The van der Waals surface area contributed by atoms with E-state index < -0.39 is 9.84 Å². The van der Waals surface area contributed by atoms with Crippen molar-refractivity contribution in [1.82, 2.24) is 9.80 Å². The summed E-state index contributed by atoms with van der Waals surface area (Å²) in [5, 5.41) is 3.19. The second-order valence-electron chi connectivity index (χ2n) is 5.98. The second kappa shape index (κ2) is 8.30. The summed E-state index contributed by atoms with van der Waals surface area (Å²) < 4.78 is 22.5. The molecule has 2 rings (SSSR count). The van der Waals surface area contributed by atoms with E-state index in [9.17, 15) is 13.2 Å². The van der Waals surface area contributed by atoms with Gasteiger partial charge in [-0.3, -0.25) is 9.69 Å². The number of anilines is 1. The summed E-state index contributed by atoms with van der Waals surface area (Å²) in [4.78, 5) is 16.7. The Kier molecular flexibility index (Phi) is 6.39. The Morgan fingerprint density at radius 3 is 2.54 bits per heavy atom. The Balaban J connectivity index is 1.94. The average molecular weight is 351 g/mol. The first-order valence-corrected chi connectivity index (χ1v) is 10.1. The fraction of sp³-hybridized carbons (Fsp3) is 0.471. The number of hydrogen-bond donors (Lipinski definition) is 1. The normalized spacial score (nSPS) is 16.0. The van der Waals surface area contributed by atoms with Crippen LogP contribution in [-0.2, 0) is 9.84 Å². The van der Waals surface area contributed by atoms with Crippen molar-refractivity contribution in [3.8, 4) is 0 Å². The van der Waals surface area contributed by atoms with Crippen molar-refractivity contribution in [3.05, 3.63) is 42.5 Å². The van der Waals surface area contributed by atoms with E-state index in [-0.39, 0.29) is 11.7 Å². The molecule has 0 bridgehead atoms. The highest BCUT2D eigenvalue weighted by Gasteiger charge is 2.23. The molecule has 0 atom stereocenters. The molecule has 1 heterocycles. The summed E-state index contributed by atoms with van der Waals surface area (Å²) in [6.45, 7) is 7.42. The predicted octanol–water partition coefficient (Wildman–Crippen LogP) is 1.09. The zero-order valence-electron chi connectivity index (χ0n) is 14.1. The summed E-state index contributed by atoms with van der Waals surface area (Å²) in [6.07, 6.45) is 3.00. The second-order valence-corrected chi connectivity index (χ2v) is 8.24. The lowest BCUT2D eigenvalue weighted by atomic mass is 10.1. The third-order valence-corrected chi connectivity index (χ3v) is 4.96. The average Bonchev–Trinajstić information content (AvgIpc) is 2.57. The summed E-state index contributed by atoms with van der Waals surface area (Å²) in [6, 6.07) is 7.46. The fourth-order valence-electron chi connectivity index (χ4n) is 2.65. The standard InChI is InChI=1S/C17H25N3O3S/c1-3-8-18-16-7-5-4-6-15(16)17(21)20-11-9-19(10-12-20)13-14-24(2,22)23/h3-7,18H,1,8-14H2,2H3. The molecule has 1 N–H and O–H groups in total. The number of nitrogens with one attached hydrogen (secondary N) is 1. The van der Waals surface area contributed by atoms with Gasteiger partial charge < -0.3 is 10.2 Å². The Hall–Kier alpha value is -1.86. The van der Waals surface area contributed by atoms with Crippen LogP contribution in [0.3, 0.4) is 0 Å². The monoisotopic (exact) mass is 351 g/mol. The number of benzene rings is 1. The van der Waals surface area contributed by atoms with Crippen molar-refractivity contribution in [2.24, 2.45) is 0 Å². The van der Waals surface area contributed by atoms with Gasteiger partial charge in [0.25, 0.3) is 5.91 Å². The zero-order chi connectivity index (χ0) is 17.6. The highest BCUT2D eigenvalue weighted by Crippen LogP contribution is 2.18. The lowest BCUT2D eigenvalue weighted by Gasteiger charge is -2.34. The minimum absolute atomic E-state index is 0.00456. The number of nitrogens with zero attached hydrogens (tertiary/aromatic N) is 2. The van der Waals surface area contributed by atoms with Gasteiger partial charge in [0.1, 0.15) is 9.84 Å². The van der Waals surface area contributed by atoms with E-state index in [1.54, 1.807) is 6.08 Å². The van der Waals surface area contributed by atoms with Gasteiger partial charge in [0.2, 0.25) is 0 Å². The van der Waals surface area contributed by atoms with Crippen molar-refractivity contribution in [2.75, 3.05) is 56.6 Å². The molecule has 0 unspecified atom stereocenters. The summed E-state index contributed by atoms with van der Waals surface area (Å²) >= 11 is 0. The maximum Gasteiger partial charge on any atom is 0.256 e. The van der Waals surface area contributed by atoms with Crippen LogP contribution in [0.1, 0.15) is 10.4 Å². The smallest absolute Gasteiger partial charge is 0.256 e. The van der Waals surface area contributed by atoms with Crippen LogP contribution < -0.4 is 5.32 Å². The Morgan fingerprint density at radius 2 is 1.92 bits per heavy atom. The molecule has 6 nitrogen and oxygen atoms in total. The Bertz CT molecular complexity index is 680. The SMILES string of the molecule is C=CCNc1ccccc1C(=O)N1CCN(CCS(C)(=O)=O)CC1. The Morgan fingerprint density at radius 1 is 1.25 bits per heavy atom. The number of hydrogen-bond acceptors (Lipinski definition) is 5. The van der Waals surface area contributed by atoms with Crippen molar-refractivity contribution in [3.63, 3.8) is 0 Å². The van der Waals surface area contributed by atoms with Gasteiger partial charge >= 0.3 is 0 Å². The molecule has 0 aliphatic carbocycles. The summed E-state index contributed by atoms with van der Waals surface area (Å²) in [7, 11) is -2.95. The lowest BCUT2D eigenvalue weighted by Crippen LogP contribution is -2.49. The summed E-state index contributed by atoms with van der Waals surface area (Å²) in [5.74, 6) is 0.167. The van der Waals surface area contributed by atoms with Crippen molar-refractivity contribution >= 4 is 21.4 Å². The van der Waals surface area contributed by atoms with Gasteiger partial charge in [-0.1, -0.05) is 18.2 Å². The van der Waals surface area contributed by atoms with Crippen LogP contribution in [0.2, 0.25) is 0 Å². The quantitative estimate of drug-likeness (QED) is 0.745. The number of rotatable bonds is 7. The molecular weight excluding hydrogens is 326 g/mol. The minimum atomic E-state index is -2.95. The predicted molar refractivity (Wildman–Crippen MR) is 97.2 cm³/mol. The minimum Gasteiger partial charge on any atom is -0.381 e. The summed E-state index contributed by atoms with van der Waals surface area (Å²) in [5.41, 5.74) is 1.46. The number of carbonyl (C=O) groups is 1. The maximum atomic E-state index is 12.8. The molecule has 1 aromatic carbocycles. The van der Waals surface area contributed by atoms with Crippen LogP contribution in [0.4, 0.5) is 5.69 Å². The van der Waals surface area contributed by atoms with Gasteiger partial charge in [0.05, 0.1) is 11.3 Å². The van der Waals surface area contributed by atoms with Gasteiger partial charge in [-0.05, 0) is 12.1 Å². The van der Waals surface area contributed by atoms with Crippen LogP contribution >= 0.6 is 0 Å². The van der Waals surface area contributed by atoms with Crippen LogP contribution in [-0.4, -0.2) is 75.4 Å². The topological polar surface area (TPSA) is 69.7 Å². The van der Waals surface area contributed by atoms with Gasteiger partial charge in [0, 0.05) is 51.2 Å². The van der Waals surface area contributed by atoms with Crippen LogP contribution in [0.25, 0.3) is 0 Å². The first kappa shape index (κ1) is 18.5. The fourth-order valence-corrected chi connectivity index (χ4v) is 3.24. The molecule has 0 aromatic heterocycles. The molecule has 7 heteroatoms. The van der Waals surface area contributed by atoms with E-state index in [0.717, 1.165) is 5.69 Å². The number of carbonyl (C=O) groups excluding carboxylic acids is 1. The largest absolute Gasteiger partial charge is 0.381 e. The third-order valence-electron chi connectivity index (χ3n) is 4.03. The van der Waals surface area contributed by atoms with Crippen LogP contribution in [0.5, 0.6) is 0 Å². The molecule has 0 saturated carbocycles. The number of amides is 1. The zero-order valence-corrected chi connectivity index (χ0v) is 14.9. The highest BCUT2D eigenvalue weighted by atomic mass is 32.2. The molecule has 0 spiro atoms. The van der Waals surface area contributed by atoms with Gasteiger partial charge in [0.15, 0.2) is 0 Å². The molecule has 1 aromatic rings. The first-order chi connectivity index (χ1) is 11.4. The van der Waals surface area contributed by atoms with E-state index in [2.05, 4.69) is 16.8 Å². The maximum absolute atomic E-state index is 12.8. The Labute approximate surface area is 144 Å². The first-order valence-electron chi connectivity index (χ1n) is 8.04. The van der Waals surface area contributed by atoms with E-state index in [4.69, 9.17) is 0 Å². The van der Waals surface area contributed by atoms with E-state index >= 15 is 0 Å². The molecule has 132 valence electrons.